The maximum Gasteiger partial charge on any atom is 0.322 e. The Balaban J connectivity index is 1.78. The van der Waals surface area contributed by atoms with Crippen LogP contribution in [0.2, 0.25) is 5.02 Å². The van der Waals surface area contributed by atoms with Gasteiger partial charge in [-0.3, -0.25) is 10.1 Å². The maximum absolute atomic E-state index is 12.0. The Morgan fingerprint density at radius 1 is 1.18 bits per heavy atom. The lowest BCUT2D eigenvalue weighted by molar-refractivity contribution is 0.102. The summed E-state index contributed by atoms with van der Waals surface area (Å²) >= 11 is 5.77. The number of pyridine rings is 1. The Morgan fingerprint density at radius 2 is 1.95 bits per heavy atom. The lowest BCUT2D eigenvalue weighted by Gasteiger charge is -2.00. The number of nitrogens with zero attached hydrogens (tertiary/aromatic N) is 3. The fourth-order valence-electron chi connectivity index (χ4n) is 1.75. The number of carbonyl (C=O) groups excluding carboxylic acids is 1. The molecule has 0 aliphatic rings. The predicted molar refractivity (Wildman–Crippen MR) is 81.3 cm³/mol. The van der Waals surface area contributed by atoms with Crippen LogP contribution in [-0.4, -0.2) is 21.1 Å². The fraction of sp³-hybridized carbons (Fsp3) is 0. The third-order valence-electron chi connectivity index (χ3n) is 2.82. The number of aromatic nitrogens is 3. The molecule has 0 radical (unpaired) electrons. The highest BCUT2D eigenvalue weighted by atomic mass is 35.5. The molecule has 2 aromatic heterocycles. The molecule has 0 fully saturated rings. The van der Waals surface area contributed by atoms with Crippen LogP contribution < -0.4 is 11.1 Å². The van der Waals surface area contributed by atoms with Crippen molar-refractivity contribution in [1.29, 1.82) is 0 Å². The Bertz CT molecular complexity index is 816. The van der Waals surface area contributed by atoms with Gasteiger partial charge >= 0.3 is 6.01 Å². The minimum Gasteiger partial charge on any atom is -0.403 e. The van der Waals surface area contributed by atoms with Crippen molar-refractivity contribution < 1.29 is 9.21 Å². The first kappa shape index (κ1) is 14.0. The Morgan fingerprint density at radius 3 is 2.68 bits per heavy atom. The van der Waals surface area contributed by atoms with Crippen LogP contribution in [0.5, 0.6) is 0 Å². The van der Waals surface area contributed by atoms with E-state index in [1.54, 1.807) is 42.6 Å². The number of hydrogen-bond donors (Lipinski definition) is 2. The van der Waals surface area contributed by atoms with Crippen LogP contribution in [0.25, 0.3) is 11.5 Å². The summed E-state index contributed by atoms with van der Waals surface area (Å²) in [4.78, 5) is 16.0. The Labute approximate surface area is 130 Å². The van der Waals surface area contributed by atoms with Crippen molar-refractivity contribution in [2.75, 3.05) is 11.1 Å². The summed E-state index contributed by atoms with van der Waals surface area (Å²) < 4.78 is 5.37. The van der Waals surface area contributed by atoms with E-state index in [0.717, 1.165) is 0 Å². The highest BCUT2D eigenvalue weighted by molar-refractivity contribution is 6.30. The van der Waals surface area contributed by atoms with Crippen molar-refractivity contribution in [2.24, 2.45) is 0 Å². The standard InChI is InChI=1S/C14H10ClN5O2/c15-9-5-3-8(4-6-9)12(21)18-14-20-19-13(22-14)10-2-1-7-17-11(10)16/h1-7H,(H2,16,17)(H,18,20,21). The molecule has 7 nitrogen and oxygen atoms in total. The molecule has 2 heterocycles. The van der Waals surface area contributed by atoms with Gasteiger partial charge in [0.15, 0.2) is 0 Å². The van der Waals surface area contributed by atoms with Gasteiger partial charge in [-0.1, -0.05) is 16.7 Å². The predicted octanol–water partition coefficient (Wildman–Crippen LogP) is 2.62. The van der Waals surface area contributed by atoms with Gasteiger partial charge in [0, 0.05) is 16.8 Å². The molecule has 0 spiro atoms. The lowest BCUT2D eigenvalue weighted by atomic mass is 10.2. The highest BCUT2D eigenvalue weighted by Crippen LogP contribution is 2.23. The first-order valence-corrected chi connectivity index (χ1v) is 6.62. The van der Waals surface area contributed by atoms with Crippen LogP contribution in [0, 0.1) is 0 Å². The molecule has 3 rings (SSSR count). The number of nitrogens with two attached hydrogens (primary N) is 1. The van der Waals surface area contributed by atoms with Crippen molar-refractivity contribution in [2.45, 2.75) is 0 Å². The normalized spacial score (nSPS) is 10.4. The molecule has 110 valence electrons. The molecule has 0 atom stereocenters. The quantitative estimate of drug-likeness (QED) is 0.769. The Hall–Kier alpha value is -2.93. The number of hydrogen-bond acceptors (Lipinski definition) is 6. The van der Waals surface area contributed by atoms with E-state index in [4.69, 9.17) is 21.8 Å². The molecule has 0 aliphatic heterocycles. The minimum absolute atomic E-state index is 0.0294. The monoisotopic (exact) mass is 315 g/mol. The second-order valence-corrected chi connectivity index (χ2v) is 4.75. The number of halogens is 1. The highest BCUT2D eigenvalue weighted by Gasteiger charge is 2.14. The van der Waals surface area contributed by atoms with Crippen LogP contribution in [0.1, 0.15) is 10.4 Å². The van der Waals surface area contributed by atoms with E-state index in [1.807, 2.05) is 0 Å². The van der Waals surface area contributed by atoms with Gasteiger partial charge < -0.3 is 10.2 Å². The summed E-state index contributed by atoms with van der Waals surface area (Å²) in [5.41, 5.74) is 6.65. The van der Waals surface area contributed by atoms with Crippen LogP contribution >= 0.6 is 11.6 Å². The smallest absolute Gasteiger partial charge is 0.322 e. The molecular formula is C14H10ClN5O2. The molecule has 1 amide bonds. The van der Waals surface area contributed by atoms with Gasteiger partial charge in [-0.15, -0.1) is 5.10 Å². The largest absolute Gasteiger partial charge is 0.403 e. The lowest BCUT2D eigenvalue weighted by Crippen LogP contribution is -2.11. The van der Waals surface area contributed by atoms with Gasteiger partial charge in [0.25, 0.3) is 11.8 Å². The van der Waals surface area contributed by atoms with Crippen molar-refractivity contribution in [3.8, 4) is 11.5 Å². The zero-order valence-corrected chi connectivity index (χ0v) is 11.9. The van der Waals surface area contributed by atoms with Gasteiger partial charge in [-0.25, -0.2) is 4.98 Å². The average Bonchev–Trinajstić information content (AvgIpc) is 2.96. The number of carbonyl (C=O) groups is 1. The molecule has 22 heavy (non-hydrogen) atoms. The number of nitrogens with one attached hydrogen (secondary N) is 1. The number of rotatable bonds is 3. The van der Waals surface area contributed by atoms with E-state index in [1.165, 1.54) is 0 Å². The van der Waals surface area contributed by atoms with Crippen LogP contribution in [0.15, 0.2) is 47.0 Å². The molecule has 3 N–H and O–H groups in total. The fourth-order valence-corrected chi connectivity index (χ4v) is 1.88. The SMILES string of the molecule is Nc1ncccc1-c1nnc(NC(=O)c2ccc(Cl)cc2)o1. The molecular weight excluding hydrogens is 306 g/mol. The molecule has 0 unspecified atom stereocenters. The van der Waals surface area contributed by atoms with Crippen LogP contribution in [0.4, 0.5) is 11.8 Å². The summed E-state index contributed by atoms with van der Waals surface area (Å²) in [5, 5.41) is 10.6. The molecule has 8 heteroatoms. The number of nitrogen functional groups attached to an aromatic ring is 1. The molecule has 0 saturated carbocycles. The topological polar surface area (TPSA) is 107 Å². The first-order valence-electron chi connectivity index (χ1n) is 6.25. The number of anilines is 2. The summed E-state index contributed by atoms with van der Waals surface area (Å²) in [7, 11) is 0. The van der Waals surface area contributed by atoms with E-state index in [9.17, 15) is 4.79 Å². The first-order chi connectivity index (χ1) is 10.6. The summed E-state index contributed by atoms with van der Waals surface area (Å²) in [6.45, 7) is 0. The molecule has 1 aromatic carbocycles. The minimum atomic E-state index is -0.383. The van der Waals surface area contributed by atoms with Gasteiger partial charge in [-0.05, 0) is 36.4 Å². The third-order valence-corrected chi connectivity index (χ3v) is 3.07. The zero-order chi connectivity index (χ0) is 15.5. The zero-order valence-electron chi connectivity index (χ0n) is 11.2. The molecule has 0 aliphatic carbocycles. The second kappa shape index (κ2) is 5.82. The van der Waals surface area contributed by atoms with E-state index < -0.39 is 0 Å². The molecule has 0 saturated heterocycles. The van der Waals surface area contributed by atoms with Crippen molar-refractivity contribution in [1.82, 2.24) is 15.2 Å². The summed E-state index contributed by atoms with van der Waals surface area (Å²) in [5.74, 6) is 0.0600. The molecule has 3 aromatic rings. The number of amides is 1. The van der Waals surface area contributed by atoms with Crippen molar-refractivity contribution in [3.63, 3.8) is 0 Å². The van der Waals surface area contributed by atoms with E-state index in [-0.39, 0.29) is 23.6 Å². The van der Waals surface area contributed by atoms with Crippen LogP contribution in [0.3, 0.4) is 0 Å². The van der Waals surface area contributed by atoms with Gasteiger partial charge in [0.1, 0.15) is 5.82 Å². The Kier molecular flexibility index (Phi) is 3.71. The maximum atomic E-state index is 12.0. The third kappa shape index (κ3) is 2.89. The van der Waals surface area contributed by atoms with Gasteiger partial charge in [0.05, 0.1) is 5.56 Å². The van der Waals surface area contributed by atoms with E-state index in [0.29, 0.717) is 16.1 Å². The van der Waals surface area contributed by atoms with Gasteiger partial charge in [0.2, 0.25) is 0 Å². The van der Waals surface area contributed by atoms with Crippen molar-refractivity contribution >= 4 is 29.3 Å². The summed E-state index contributed by atoms with van der Waals surface area (Å²) in [6.07, 6.45) is 1.55. The summed E-state index contributed by atoms with van der Waals surface area (Å²) in [6, 6.07) is 9.78. The van der Waals surface area contributed by atoms with Gasteiger partial charge in [-0.2, -0.15) is 0 Å². The average molecular weight is 316 g/mol. The number of benzene rings is 1. The molecule has 0 bridgehead atoms. The van der Waals surface area contributed by atoms with Crippen molar-refractivity contribution in [3.05, 3.63) is 53.2 Å². The van der Waals surface area contributed by atoms with E-state index >= 15 is 0 Å². The second-order valence-electron chi connectivity index (χ2n) is 4.31. The van der Waals surface area contributed by atoms with E-state index in [2.05, 4.69) is 20.5 Å². The van der Waals surface area contributed by atoms with Crippen LogP contribution in [-0.2, 0) is 0 Å².